The van der Waals surface area contributed by atoms with E-state index in [0.29, 0.717) is 0 Å². The van der Waals surface area contributed by atoms with Crippen LogP contribution in [-0.2, 0) is 4.79 Å². The van der Waals surface area contributed by atoms with Gasteiger partial charge in [-0.3, -0.25) is 4.79 Å². The van der Waals surface area contributed by atoms with Crippen LogP contribution in [0.1, 0.15) is 33.1 Å². The van der Waals surface area contributed by atoms with Gasteiger partial charge in [0, 0.05) is 25.4 Å². The van der Waals surface area contributed by atoms with Crippen molar-refractivity contribution in [3.8, 4) is 12.3 Å². The first-order valence-electron chi connectivity index (χ1n) is 5.64. The average molecular weight is 210 g/mol. The van der Waals surface area contributed by atoms with E-state index in [0.717, 1.165) is 38.9 Å². The molecule has 0 saturated heterocycles. The number of rotatable bonds is 8. The van der Waals surface area contributed by atoms with Crippen molar-refractivity contribution >= 4 is 5.91 Å². The van der Waals surface area contributed by atoms with Crippen LogP contribution in [0.5, 0.6) is 0 Å². The summed E-state index contributed by atoms with van der Waals surface area (Å²) in [6.07, 6.45) is 7.87. The highest BCUT2D eigenvalue weighted by Gasteiger charge is 2.10. The van der Waals surface area contributed by atoms with Crippen molar-refractivity contribution in [1.82, 2.24) is 10.6 Å². The molecule has 0 fully saturated rings. The molecule has 0 saturated carbocycles. The maximum Gasteiger partial charge on any atom is 0.224 e. The van der Waals surface area contributed by atoms with Crippen molar-refractivity contribution in [2.75, 3.05) is 19.6 Å². The molecular formula is C12H22N2O. The Hall–Kier alpha value is -1.01. The van der Waals surface area contributed by atoms with Crippen LogP contribution in [0, 0.1) is 18.3 Å². The molecule has 0 aliphatic heterocycles. The van der Waals surface area contributed by atoms with E-state index in [1.54, 1.807) is 0 Å². The highest BCUT2D eigenvalue weighted by atomic mass is 16.1. The summed E-state index contributed by atoms with van der Waals surface area (Å²) in [6.45, 7) is 6.34. The number of terminal acetylenes is 1. The van der Waals surface area contributed by atoms with Crippen LogP contribution in [0.4, 0.5) is 0 Å². The molecule has 0 aromatic rings. The first-order chi connectivity index (χ1) is 7.22. The third-order valence-corrected chi connectivity index (χ3v) is 2.20. The summed E-state index contributed by atoms with van der Waals surface area (Å²) >= 11 is 0. The Morgan fingerprint density at radius 1 is 1.47 bits per heavy atom. The highest BCUT2D eigenvalue weighted by Crippen LogP contribution is 1.95. The molecule has 1 amide bonds. The van der Waals surface area contributed by atoms with Crippen molar-refractivity contribution in [3.63, 3.8) is 0 Å². The van der Waals surface area contributed by atoms with Crippen LogP contribution in [0.25, 0.3) is 0 Å². The normalized spacial score (nSPS) is 11.8. The summed E-state index contributed by atoms with van der Waals surface area (Å²) in [5.41, 5.74) is 0. The molecule has 0 radical (unpaired) electrons. The zero-order valence-corrected chi connectivity index (χ0v) is 9.81. The number of hydrogen-bond donors (Lipinski definition) is 2. The van der Waals surface area contributed by atoms with Gasteiger partial charge in [-0.15, -0.1) is 12.3 Å². The molecule has 86 valence electrons. The van der Waals surface area contributed by atoms with E-state index in [2.05, 4.69) is 16.6 Å². The first-order valence-corrected chi connectivity index (χ1v) is 5.64. The molecule has 0 heterocycles. The second-order valence-corrected chi connectivity index (χ2v) is 3.66. The molecule has 0 aromatic carbocycles. The van der Waals surface area contributed by atoms with E-state index in [9.17, 15) is 4.79 Å². The highest BCUT2D eigenvalue weighted by molar-refractivity contribution is 5.78. The zero-order valence-electron chi connectivity index (χ0n) is 9.81. The summed E-state index contributed by atoms with van der Waals surface area (Å²) in [5.74, 6) is 2.75. The van der Waals surface area contributed by atoms with Crippen LogP contribution in [-0.4, -0.2) is 25.5 Å². The minimum atomic E-state index is 0.0394. The second-order valence-electron chi connectivity index (χ2n) is 3.66. The molecular weight excluding hydrogens is 188 g/mol. The SMILES string of the molecule is C#CCCCCNC(=O)C(C)CNCC. The number of carbonyl (C=O) groups excluding carboxylic acids is 1. The van der Waals surface area contributed by atoms with E-state index in [-0.39, 0.29) is 11.8 Å². The fraction of sp³-hybridized carbons (Fsp3) is 0.750. The van der Waals surface area contributed by atoms with Gasteiger partial charge in [0.15, 0.2) is 0 Å². The Labute approximate surface area is 93.0 Å². The van der Waals surface area contributed by atoms with Crippen LogP contribution >= 0.6 is 0 Å². The lowest BCUT2D eigenvalue weighted by Gasteiger charge is -2.11. The third kappa shape index (κ3) is 8.02. The summed E-state index contributed by atoms with van der Waals surface area (Å²) in [7, 11) is 0. The van der Waals surface area contributed by atoms with Crippen LogP contribution in [0.15, 0.2) is 0 Å². The summed E-state index contributed by atoms with van der Waals surface area (Å²) in [6, 6.07) is 0. The van der Waals surface area contributed by atoms with Crippen LogP contribution in [0.2, 0.25) is 0 Å². The van der Waals surface area contributed by atoms with Gasteiger partial charge < -0.3 is 10.6 Å². The number of carbonyl (C=O) groups is 1. The molecule has 0 bridgehead atoms. The van der Waals surface area contributed by atoms with Crippen LogP contribution in [0.3, 0.4) is 0 Å². The molecule has 0 rings (SSSR count). The van der Waals surface area contributed by atoms with E-state index >= 15 is 0 Å². The standard InChI is InChI=1S/C12H22N2O/c1-4-6-7-8-9-14-12(15)11(3)10-13-5-2/h1,11,13H,5-10H2,2-3H3,(H,14,15). The Morgan fingerprint density at radius 2 is 2.20 bits per heavy atom. The number of hydrogen-bond acceptors (Lipinski definition) is 2. The van der Waals surface area contributed by atoms with Crippen molar-refractivity contribution in [2.24, 2.45) is 5.92 Å². The number of amides is 1. The molecule has 1 unspecified atom stereocenters. The maximum absolute atomic E-state index is 11.5. The summed E-state index contributed by atoms with van der Waals surface area (Å²) in [4.78, 5) is 11.5. The maximum atomic E-state index is 11.5. The lowest BCUT2D eigenvalue weighted by molar-refractivity contribution is -0.124. The van der Waals surface area contributed by atoms with Gasteiger partial charge in [-0.1, -0.05) is 13.8 Å². The summed E-state index contributed by atoms with van der Waals surface area (Å²) in [5, 5.41) is 6.05. The van der Waals surface area contributed by atoms with E-state index < -0.39 is 0 Å². The molecule has 15 heavy (non-hydrogen) atoms. The zero-order chi connectivity index (χ0) is 11.5. The Balaban J connectivity index is 3.43. The fourth-order valence-corrected chi connectivity index (χ4v) is 1.19. The van der Waals surface area contributed by atoms with Gasteiger partial charge in [0.05, 0.1) is 0 Å². The van der Waals surface area contributed by atoms with E-state index in [4.69, 9.17) is 6.42 Å². The van der Waals surface area contributed by atoms with Crippen LogP contribution < -0.4 is 10.6 Å². The smallest absolute Gasteiger partial charge is 0.224 e. The van der Waals surface area contributed by atoms with Crippen molar-refractivity contribution < 1.29 is 4.79 Å². The Morgan fingerprint density at radius 3 is 2.80 bits per heavy atom. The Kier molecular flexibility index (Phi) is 8.90. The molecule has 1 atom stereocenters. The summed E-state index contributed by atoms with van der Waals surface area (Å²) < 4.78 is 0. The molecule has 3 heteroatoms. The van der Waals surface area contributed by atoms with Gasteiger partial charge in [-0.25, -0.2) is 0 Å². The lowest BCUT2D eigenvalue weighted by Crippen LogP contribution is -2.35. The largest absolute Gasteiger partial charge is 0.356 e. The minimum absolute atomic E-state index is 0.0394. The lowest BCUT2D eigenvalue weighted by atomic mass is 10.1. The molecule has 2 N–H and O–H groups in total. The van der Waals surface area contributed by atoms with Crippen molar-refractivity contribution in [3.05, 3.63) is 0 Å². The molecule has 3 nitrogen and oxygen atoms in total. The first kappa shape index (κ1) is 14.0. The molecule has 0 spiro atoms. The molecule has 0 aliphatic rings. The second kappa shape index (κ2) is 9.54. The van der Waals surface area contributed by atoms with Gasteiger partial charge in [-0.05, 0) is 19.4 Å². The minimum Gasteiger partial charge on any atom is -0.356 e. The van der Waals surface area contributed by atoms with Gasteiger partial charge >= 0.3 is 0 Å². The van der Waals surface area contributed by atoms with Gasteiger partial charge in [-0.2, -0.15) is 0 Å². The fourth-order valence-electron chi connectivity index (χ4n) is 1.19. The number of nitrogens with one attached hydrogen (secondary N) is 2. The molecule has 0 aliphatic carbocycles. The van der Waals surface area contributed by atoms with Crippen molar-refractivity contribution in [2.45, 2.75) is 33.1 Å². The topological polar surface area (TPSA) is 41.1 Å². The number of unbranched alkanes of at least 4 members (excludes halogenated alkanes) is 2. The average Bonchev–Trinajstić information content (AvgIpc) is 2.25. The van der Waals surface area contributed by atoms with Crippen molar-refractivity contribution in [1.29, 1.82) is 0 Å². The molecule has 0 aromatic heterocycles. The van der Waals surface area contributed by atoms with Gasteiger partial charge in [0.1, 0.15) is 0 Å². The predicted molar refractivity (Wildman–Crippen MR) is 63.4 cm³/mol. The third-order valence-electron chi connectivity index (χ3n) is 2.20. The van der Waals surface area contributed by atoms with E-state index in [1.807, 2.05) is 13.8 Å². The van der Waals surface area contributed by atoms with Gasteiger partial charge in [0.25, 0.3) is 0 Å². The Bertz CT molecular complexity index is 208. The monoisotopic (exact) mass is 210 g/mol. The van der Waals surface area contributed by atoms with Gasteiger partial charge in [0.2, 0.25) is 5.91 Å². The predicted octanol–water partition coefficient (Wildman–Crippen LogP) is 1.15. The quantitative estimate of drug-likeness (QED) is 0.466. The van der Waals surface area contributed by atoms with E-state index in [1.165, 1.54) is 0 Å².